The van der Waals surface area contributed by atoms with Crippen molar-refractivity contribution in [3.05, 3.63) is 24.3 Å². The molecule has 0 aliphatic heterocycles. The molecule has 0 saturated carbocycles. The highest BCUT2D eigenvalue weighted by molar-refractivity contribution is 7.90. The zero-order chi connectivity index (χ0) is 13.8. The molecule has 0 heterocycles. The highest BCUT2D eigenvalue weighted by atomic mass is 32.2. The van der Waals surface area contributed by atoms with Crippen LogP contribution in [0, 0.1) is 0 Å². The van der Waals surface area contributed by atoms with Gasteiger partial charge in [0.2, 0.25) is 10.0 Å². The van der Waals surface area contributed by atoms with Gasteiger partial charge in [0.15, 0.2) is 0 Å². The molecule has 1 aromatic rings. The van der Waals surface area contributed by atoms with E-state index in [1.807, 2.05) is 0 Å². The van der Waals surface area contributed by atoms with Gasteiger partial charge in [-0.1, -0.05) is 0 Å². The molecule has 0 saturated heterocycles. The molecule has 2 N–H and O–H groups in total. The Morgan fingerprint density at radius 2 is 1.67 bits per heavy atom. The maximum atomic E-state index is 11.7. The normalized spacial score (nSPS) is 12.5. The molecule has 6 nitrogen and oxygen atoms in total. The third kappa shape index (κ3) is 5.03. The molecular weight excluding hydrogens is 278 g/mol. The molecule has 0 aromatic heterocycles. The van der Waals surface area contributed by atoms with E-state index in [0.29, 0.717) is 0 Å². The fraction of sp³-hybridized carbons (Fsp3) is 0.400. The predicted molar refractivity (Wildman–Crippen MR) is 67.6 cm³/mol. The topological polar surface area (TPSA) is 101 Å². The van der Waals surface area contributed by atoms with Gasteiger partial charge in [-0.25, -0.2) is 21.6 Å². The van der Waals surface area contributed by atoms with Crippen molar-refractivity contribution in [1.82, 2.24) is 4.72 Å². The largest absolute Gasteiger partial charge is 0.508 e. The summed E-state index contributed by atoms with van der Waals surface area (Å²) in [6, 6.07) is 5.08. The van der Waals surface area contributed by atoms with E-state index in [-0.39, 0.29) is 29.4 Å². The Morgan fingerprint density at radius 3 is 2.17 bits per heavy atom. The lowest BCUT2D eigenvalue weighted by Crippen LogP contribution is -2.26. The zero-order valence-electron chi connectivity index (χ0n) is 9.83. The van der Waals surface area contributed by atoms with Crippen LogP contribution in [-0.2, 0) is 19.9 Å². The Bertz CT molecular complexity index is 590. The summed E-state index contributed by atoms with van der Waals surface area (Å²) in [4.78, 5) is 0.0275. The van der Waals surface area contributed by atoms with Crippen molar-refractivity contribution < 1.29 is 21.9 Å². The monoisotopic (exact) mass is 293 g/mol. The lowest BCUT2D eigenvalue weighted by Gasteiger charge is -2.06. The van der Waals surface area contributed by atoms with Gasteiger partial charge < -0.3 is 5.11 Å². The van der Waals surface area contributed by atoms with Crippen LogP contribution >= 0.6 is 0 Å². The van der Waals surface area contributed by atoms with E-state index in [2.05, 4.69) is 4.72 Å². The highest BCUT2D eigenvalue weighted by Gasteiger charge is 2.13. The van der Waals surface area contributed by atoms with Crippen LogP contribution in [0.4, 0.5) is 0 Å². The average Bonchev–Trinajstić information content (AvgIpc) is 2.24. The number of rotatable bonds is 6. The van der Waals surface area contributed by atoms with Crippen LogP contribution in [0.1, 0.15) is 6.42 Å². The Hall–Kier alpha value is -1.12. The number of aromatic hydroxyl groups is 1. The Kier molecular flexibility index (Phi) is 4.71. The van der Waals surface area contributed by atoms with Gasteiger partial charge in [0.05, 0.1) is 10.6 Å². The number of sulfonamides is 1. The van der Waals surface area contributed by atoms with E-state index < -0.39 is 19.9 Å². The zero-order valence-corrected chi connectivity index (χ0v) is 11.5. The summed E-state index contributed by atoms with van der Waals surface area (Å²) < 4.78 is 47.5. The number of benzene rings is 1. The third-order valence-electron chi connectivity index (χ3n) is 2.13. The van der Waals surface area contributed by atoms with Gasteiger partial charge in [-0.2, -0.15) is 0 Å². The second kappa shape index (κ2) is 5.68. The molecular formula is C10H15NO5S2. The second-order valence-corrected chi connectivity index (χ2v) is 7.90. The number of nitrogens with one attached hydrogen (secondary N) is 1. The lowest BCUT2D eigenvalue weighted by molar-refractivity contribution is 0.474. The average molecular weight is 293 g/mol. The molecule has 0 spiro atoms. The van der Waals surface area contributed by atoms with Gasteiger partial charge >= 0.3 is 0 Å². The van der Waals surface area contributed by atoms with Crippen LogP contribution in [0.15, 0.2) is 29.2 Å². The van der Waals surface area contributed by atoms with Crippen LogP contribution in [-0.4, -0.2) is 40.5 Å². The summed E-state index contributed by atoms with van der Waals surface area (Å²) in [6.07, 6.45) is 1.32. The summed E-state index contributed by atoms with van der Waals surface area (Å²) in [7, 11) is -6.73. The van der Waals surface area contributed by atoms with Gasteiger partial charge in [0, 0.05) is 12.8 Å². The van der Waals surface area contributed by atoms with Crippen molar-refractivity contribution in [2.75, 3.05) is 18.6 Å². The first-order valence-corrected chi connectivity index (χ1v) is 8.71. The number of phenolic OH excluding ortho intramolecular Hbond substituents is 1. The maximum absolute atomic E-state index is 11.7. The standard InChI is InChI=1S/C10H15NO5S2/c1-17(13,14)8-2-7-11-18(15,16)10-5-3-9(12)4-6-10/h3-6,11-12H,2,7-8H2,1H3. The van der Waals surface area contributed by atoms with Crippen molar-refractivity contribution in [2.24, 2.45) is 0 Å². The van der Waals surface area contributed by atoms with Crippen molar-refractivity contribution in [3.8, 4) is 5.75 Å². The summed E-state index contributed by atoms with van der Waals surface area (Å²) in [5.41, 5.74) is 0. The first kappa shape index (κ1) is 14.9. The van der Waals surface area contributed by atoms with E-state index >= 15 is 0 Å². The first-order valence-electron chi connectivity index (χ1n) is 5.17. The van der Waals surface area contributed by atoms with Crippen molar-refractivity contribution in [1.29, 1.82) is 0 Å². The molecule has 0 unspecified atom stereocenters. The van der Waals surface area contributed by atoms with E-state index in [0.717, 1.165) is 6.26 Å². The summed E-state index contributed by atoms with van der Waals surface area (Å²) in [6.45, 7) is 0.0519. The van der Waals surface area contributed by atoms with Crippen LogP contribution in [0.2, 0.25) is 0 Å². The fourth-order valence-corrected chi connectivity index (χ4v) is 2.99. The van der Waals surface area contributed by atoms with Crippen molar-refractivity contribution in [3.63, 3.8) is 0 Å². The molecule has 0 atom stereocenters. The van der Waals surface area contributed by atoms with Gasteiger partial charge in [0.1, 0.15) is 15.6 Å². The summed E-state index contributed by atoms with van der Waals surface area (Å²) in [5.74, 6) is -0.0866. The van der Waals surface area contributed by atoms with Gasteiger partial charge in [-0.15, -0.1) is 0 Å². The molecule has 0 radical (unpaired) electrons. The molecule has 8 heteroatoms. The maximum Gasteiger partial charge on any atom is 0.240 e. The molecule has 0 aliphatic carbocycles. The molecule has 1 aromatic carbocycles. The second-order valence-electron chi connectivity index (χ2n) is 3.88. The molecule has 1 rings (SSSR count). The number of hydrogen-bond acceptors (Lipinski definition) is 5. The van der Waals surface area contributed by atoms with Crippen LogP contribution < -0.4 is 4.72 Å². The quantitative estimate of drug-likeness (QED) is 0.725. The molecule has 18 heavy (non-hydrogen) atoms. The fourth-order valence-electron chi connectivity index (χ4n) is 1.25. The minimum absolute atomic E-state index is 0.0222. The highest BCUT2D eigenvalue weighted by Crippen LogP contribution is 2.13. The number of sulfone groups is 1. The number of phenols is 1. The lowest BCUT2D eigenvalue weighted by atomic mass is 10.3. The van der Waals surface area contributed by atoms with Gasteiger partial charge in [0.25, 0.3) is 0 Å². The molecule has 102 valence electrons. The van der Waals surface area contributed by atoms with Crippen LogP contribution in [0.5, 0.6) is 5.75 Å². The first-order chi connectivity index (χ1) is 8.21. The van der Waals surface area contributed by atoms with Crippen LogP contribution in [0.3, 0.4) is 0 Å². The molecule has 0 aliphatic rings. The Balaban J connectivity index is 2.58. The van der Waals surface area contributed by atoms with Crippen molar-refractivity contribution >= 4 is 19.9 Å². The Labute approximate surface area is 107 Å². The minimum Gasteiger partial charge on any atom is -0.508 e. The van der Waals surface area contributed by atoms with E-state index in [9.17, 15) is 16.8 Å². The van der Waals surface area contributed by atoms with E-state index in [1.54, 1.807) is 0 Å². The summed E-state index contributed by atoms with van der Waals surface area (Å²) >= 11 is 0. The van der Waals surface area contributed by atoms with Crippen LogP contribution in [0.25, 0.3) is 0 Å². The summed E-state index contributed by atoms with van der Waals surface area (Å²) in [5, 5.41) is 9.04. The van der Waals surface area contributed by atoms with Gasteiger partial charge in [-0.3, -0.25) is 0 Å². The smallest absolute Gasteiger partial charge is 0.240 e. The van der Waals surface area contributed by atoms with Gasteiger partial charge in [-0.05, 0) is 30.7 Å². The Morgan fingerprint density at radius 1 is 1.11 bits per heavy atom. The van der Waals surface area contributed by atoms with E-state index in [4.69, 9.17) is 5.11 Å². The van der Waals surface area contributed by atoms with E-state index in [1.165, 1.54) is 24.3 Å². The molecule has 0 fully saturated rings. The third-order valence-corrected chi connectivity index (χ3v) is 4.64. The van der Waals surface area contributed by atoms with Crippen molar-refractivity contribution in [2.45, 2.75) is 11.3 Å². The minimum atomic E-state index is -3.65. The number of hydrogen-bond donors (Lipinski definition) is 2. The molecule has 0 amide bonds. The molecule has 0 bridgehead atoms. The SMILES string of the molecule is CS(=O)(=O)CCCNS(=O)(=O)c1ccc(O)cc1. The predicted octanol–water partition coefficient (Wildman–Crippen LogP) is 0.105.